The normalized spacial score (nSPS) is 12.1. The molecule has 0 unspecified atom stereocenters. The molecule has 1 aromatic heterocycles. The third-order valence-corrected chi connectivity index (χ3v) is 3.39. The molecule has 0 spiro atoms. The van der Waals surface area contributed by atoms with Crippen LogP contribution in [0.4, 0.5) is 10.5 Å². The Morgan fingerprint density at radius 1 is 1.32 bits per heavy atom. The highest BCUT2D eigenvalue weighted by molar-refractivity contribution is 7.17. The molecule has 19 heavy (non-hydrogen) atoms. The maximum Gasteiger partial charge on any atom is 0.328 e. The molecular formula is C12H12N2O4S. The van der Waals surface area contributed by atoms with E-state index in [0.717, 1.165) is 10.1 Å². The number of hydrogen-bond donors (Lipinski definition) is 4. The Balaban J connectivity index is 2.03. The number of urea groups is 1. The smallest absolute Gasteiger partial charge is 0.328 e. The number of carboxylic acid groups (broad SMARTS) is 1. The van der Waals surface area contributed by atoms with Crippen LogP contribution < -0.4 is 10.6 Å². The predicted molar refractivity (Wildman–Crippen MR) is 72.5 cm³/mol. The van der Waals surface area contributed by atoms with E-state index in [-0.39, 0.29) is 0 Å². The van der Waals surface area contributed by atoms with Gasteiger partial charge < -0.3 is 20.8 Å². The van der Waals surface area contributed by atoms with Crippen LogP contribution in [-0.2, 0) is 4.79 Å². The molecule has 1 atom stereocenters. The zero-order valence-electron chi connectivity index (χ0n) is 9.79. The van der Waals surface area contributed by atoms with Crippen molar-refractivity contribution in [1.82, 2.24) is 5.32 Å². The molecule has 0 radical (unpaired) electrons. The number of hydrogen-bond acceptors (Lipinski definition) is 4. The Morgan fingerprint density at radius 3 is 2.79 bits per heavy atom. The van der Waals surface area contributed by atoms with Crippen LogP contribution in [-0.4, -0.2) is 34.9 Å². The number of carboxylic acids is 1. The van der Waals surface area contributed by atoms with Crippen molar-refractivity contribution in [2.75, 3.05) is 11.9 Å². The van der Waals surface area contributed by atoms with Crippen molar-refractivity contribution in [3.05, 3.63) is 29.6 Å². The summed E-state index contributed by atoms with van der Waals surface area (Å²) >= 11 is 1.59. The molecule has 4 N–H and O–H groups in total. The summed E-state index contributed by atoms with van der Waals surface area (Å²) in [5, 5.41) is 25.1. The van der Waals surface area contributed by atoms with Crippen LogP contribution in [0.2, 0.25) is 0 Å². The van der Waals surface area contributed by atoms with E-state index in [9.17, 15) is 9.59 Å². The van der Waals surface area contributed by atoms with E-state index in [2.05, 4.69) is 10.6 Å². The van der Waals surface area contributed by atoms with Gasteiger partial charge in [-0.05, 0) is 35.0 Å². The monoisotopic (exact) mass is 280 g/mol. The summed E-state index contributed by atoms with van der Waals surface area (Å²) in [7, 11) is 0. The second-order valence-electron chi connectivity index (χ2n) is 3.85. The first-order valence-electron chi connectivity index (χ1n) is 5.48. The van der Waals surface area contributed by atoms with Gasteiger partial charge in [0.05, 0.1) is 6.61 Å². The minimum Gasteiger partial charge on any atom is -0.480 e. The van der Waals surface area contributed by atoms with Gasteiger partial charge in [0.1, 0.15) is 0 Å². The largest absolute Gasteiger partial charge is 0.480 e. The quantitative estimate of drug-likeness (QED) is 0.681. The molecule has 1 aromatic carbocycles. The van der Waals surface area contributed by atoms with Gasteiger partial charge in [-0.25, -0.2) is 9.59 Å². The number of rotatable bonds is 4. The number of amides is 2. The highest BCUT2D eigenvalue weighted by Crippen LogP contribution is 2.23. The van der Waals surface area contributed by atoms with Gasteiger partial charge in [0.2, 0.25) is 0 Å². The average molecular weight is 280 g/mol. The molecule has 6 nitrogen and oxygen atoms in total. The zero-order valence-corrected chi connectivity index (χ0v) is 10.6. The summed E-state index contributed by atoms with van der Waals surface area (Å²) in [6.07, 6.45) is 0. The van der Waals surface area contributed by atoms with E-state index in [0.29, 0.717) is 5.69 Å². The molecule has 2 amide bonds. The van der Waals surface area contributed by atoms with Crippen molar-refractivity contribution in [3.63, 3.8) is 0 Å². The van der Waals surface area contributed by atoms with E-state index in [4.69, 9.17) is 10.2 Å². The fourth-order valence-electron chi connectivity index (χ4n) is 1.56. The maximum absolute atomic E-state index is 11.6. The summed E-state index contributed by atoms with van der Waals surface area (Å²) in [6, 6.07) is 5.33. The molecule has 0 saturated heterocycles. The van der Waals surface area contributed by atoms with Crippen LogP contribution in [0.3, 0.4) is 0 Å². The SMILES string of the molecule is O=C(Nc1ccc2sccc2c1)N[C@H](CO)C(=O)O. The molecule has 0 aliphatic rings. The van der Waals surface area contributed by atoms with Crippen LogP contribution in [0.5, 0.6) is 0 Å². The van der Waals surface area contributed by atoms with Crippen LogP contribution in [0.25, 0.3) is 10.1 Å². The Bertz CT molecular complexity index is 611. The lowest BCUT2D eigenvalue weighted by Crippen LogP contribution is -2.45. The Morgan fingerprint density at radius 2 is 2.11 bits per heavy atom. The van der Waals surface area contributed by atoms with Gasteiger partial charge >= 0.3 is 12.0 Å². The first-order chi connectivity index (χ1) is 9.10. The minimum atomic E-state index is -1.31. The molecule has 0 bridgehead atoms. The molecule has 0 aliphatic carbocycles. The van der Waals surface area contributed by atoms with Crippen molar-refractivity contribution >= 4 is 39.1 Å². The third-order valence-electron chi connectivity index (χ3n) is 2.50. The van der Waals surface area contributed by atoms with Gasteiger partial charge in [0.25, 0.3) is 0 Å². The summed E-state index contributed by atoms with van der Waals surface area (Å²) < 4.78 is 1.10. The standard InChI is InChI=1S/C12H12N2O4S/c15-6-9(11(16)17)14-12(18)13-8-1-2-10-7(5-8)3-4-19-10/h1-5,9,15H,6H2,(H,16,17)(H2,13,14,18)/t9-/m1/s1. The van der Waals surface area contributed by atoms with Crippen molar-refractivity contribution in [2.24, 2.45) is 0 Å². The average Bonchev–Trinajstić information content (AvgIpc) is 2.82. The number of aliphatic hydroxyl groups is 1. The molecular weight excluding hydrogens is 268 g/mol. The number of thiophene rings is 1. The molecule has 100 valence electrons. The van der Waals surface area contributed by atoms with Crippen molar-refractivity contribution in [2.45, 2.75) is 6.04 Å². The number of aliphatic carboxylic acids is 1. The maximum atomic E-state index is 11.6. The Labute approximate surface area is 112 Å². The second-order valence-corrected chi connectivity index (χ2v) is 4.79. The Hall–Kier alpha value is -2.12. The van der Waals surface area contributed by atoms with E-state index < -0.39 is 24.6 Å². The summed E-state index contributed by atoms with van der Waals surface area (Å²) in [5.41, 5.74) is 0.561. The number of carbonyl (C=O) groups is 2. The van der Waals surface area contributed by atoms with Gasteiger partial charge in [0, 0.05) is 10.4 Å². The Kier molecular flexibility index (Phi) is 3.98. The molecule has 1 heterocycles. The summed E-state index contributed by atoms with van der Waals surface area (Å²) in [4.78, 5) is 22.2. The lowest BCUT2D eigenvalue weighted by molar-refractivity contribution is -0.140. The minimum absolute atomic E-state index is 0.561. The van der Waals surface area contributed by atoms with Crippen molar-refractivity contribution in [3.8, 4) is 0 Å². The predicted octanol–water partition coefficient (Wildman–Crippen LogP) is 1.47. The number of benzene rings is 1. The molecule has 2 aromatic rings. The van der Waals surface area contributed by atoms with Gasteiger partial charge in [-0.1, -0.05) is 0 Å². The van der Waals surface area contributed by atoms with E-state index >= 15 is 0 Å². The van der Waals surface area contributed by atoms with Crippen molar-refractivity contribution in [1.29, 1.82) is 0 Å². The first kappa shape index (κ1) is 13.3. The fourth-order valence-corrected chi connectivity index (χ4v) is 2.33. The molecule has 7 heteroatoms. The summed E-state index contributed by atoms with van der Waals surface area (Å²) in [5.74, 6) is -1.29. The topological polar surface area (TPSA) is 98.7 Å². The molecule has 0 fully saturated rings. The van der Waals surface area contributed by atoms with Crippen LogP contribution in [0.15, 0.2) is 29.6 Å². The lowest BCUT2D eigenvalue weighted by Gasteiger charge is -2.12. The van der Waals surface area contributed by atoms with Crippen LogP contribution in [0, 0.1) is 0 Å². The van der Waals surface area contributed by atoms with Crippen molar-refractivity contribution < 1.29 is 19.8 Å². The molecule has 0 saturated carbocycles. The molecule has 2 rings (SSSR count). The van der Waals surface area contributed by atoms with Crippen LogP contribution in [0.1, 0.15) is 0 Å². The highest BCUT2D eigenvalue weighted by Gasteiger charge is 2.18. The van der Waals surface area contributed by atoms with Gasteiger partial charge in [-0.3, -0.25) is 0 Å². The number of carbonyl (C=O) groups excluding carboxylic acids is 1. The molecule has 0 aliphatic heterocycles. The first-order valence-corrected chi connectivity index (χ1v) is 6.36. The van der Waals surface area contributed by atoms with E-state index in [1.165, 1.54) is 0 Å². The lowest BCUT2D eigenvalue weighted by atomic mass is 10.2. The second kappa shape index (κ2) is 5.68. The summed E-state index contributed by atoms with van der Waals surface area (Å²) in [6.45, 7) is -0.660. The van der Waals surface area contributed by atoms with Gasteiger partial charge in [-0.2, -0.15) is 0 Å². The number of nitrogens with one attached hydrogen (secondary N) is 2. The number of aliphatic hydroxyl groups excluding tert-OH is 1. The fraction of sp³-hybridized carbons (Fsp3) is 0.167. The van der Waals surface area contributed by atoms with E-state index in [1.807, 2.05) is 17.5 Å². The number of fused-ring (bicyclic) bond motifs is 1. The third kappa shape index (κ3) is 3.21. The van der Waals surface area contributed by atoms with E-state index in [1.54, 1.807) is 23.5 Å². The van der Waals surface area contributed by atoms with Gasteiger partial charge in [0.15, 0.2) is 6.04 Å². The van der Waals surface area contributed by atoms with Crippen LogP contribution >= 0.6 is 11.3 Å². The van der Waals surface area contributed by atoms with Gasteiger partial charge in [-0.15, -0.1) is 11.3 Å². The number of anilines is 1. The zero-order chi connectivity index (χ0) is 13.8. The highest BCUT2D eigenvalue weighted by atomic mass is 32.1.